The van der Waals surface area contributed by atoms with E-state index in [0.29, 0.717) is 28.3 Å². The number of nitrogens with zero attached hydrogens (tertiary/aromatic N) is 3. The molecule has 0 bridgehead atoms. The van der Waals surface area contributed by atoms with E-state index in [1.807, 2.05) is 55.6 Å². The number of rotatable bonds is 6. The summed E-state index contributed by atoms with van der Waals surface area (Å²) in [6.45, 7) is 1.48. The van der Waals surface area contributed by atoms with E-state index in [-0.39, 0.29) is 0 Å². The minimum absolute atomic E-state index is 0.545. The van der Waals surface area contributed by atoms with Crippen molar-refractivity contribution in [2.45, 2.75) is 13.0 Å². The van der Waals surface area contributed by atoms with Gasteiger partial charge in [-0.05, 0) is 43.3 Å². The Morgan fingerprint density at radius 3 is 2.58 bits per heavy atom. The molecule has 0 saturated carbocycles. The SMILES string of the molecule is CN(CCc1ccc(Cl)c(Cl)c1)Cc1noc(-c2ccccc2)n1. The lowest BCUT2D eigenvalue weighted by molar-refractivity contribution is 0.313. The average molecular weight is 362 g/mol. The Bertz CT molecular complexity index is 805. The van der Waals surface area contributed by atoms with Crippen LogP contribution in [0.15, 0.2) is 53.1 Å². The van der Waals surface area contributed by atoms with Gasteiger partial charge in [0.2, 0.25) is 0 Å². The summed E-state index contributed by atoms with van der Waals surface area (Å²) >= 11 is 12.0. The lowest BCUT2D eigenvalue weighted by Crippen LogP contribution is -2.21. The average Bonchev–Trinajstić information content (AvgIpc) is 3.05. The smallest absolute Gasteiger partial charge is 0.257 e. The third kappa shape index (κ3) is 4.35. The maximum Gasteiger partial charge on any atom is 0.257 e. The number of hydrogen-bond acceptors (Lipinski definition) is 4. The summed E-state index contributed by atoms with van der Waals surface area (Å²) in [4.78, 5) is 6.58. The highest BCUT2D eigenvalue weighted by Gasteiger charge is 2.10. The molecule has 0 aliphatic rings. The Balaban J connectivity index is 1.56. The second-order valence-corrected chi connectivity index (χ2v) is 6.43. The van der Waals surface area contributed by atoms with Crippen LogP contribution in [-0.2, 0) is 13.0 Å². The number of benzene rings is 2. The summed E-state index contributed by atoms with van der Waals surface area (Å²) in [6.07, 6.45) is 0.872. The van der Waals surface area contributed by atoms with Crippen molar-refractivity contribution >= 4 is 23.2 Å². The first kappa shape index (κ1) is 17.0. The molecule has 3 rings (SSSR count). The molecular weight excluding hydrogens is 345 g/mol. The van der Waals surface area contributed by atoms with Gasteiger partial charge in [-0.25, -0.2) is 0 Å². The quantitative estimate of drug-likeness (QED) is 0.637. The van der Waals surface area contributed by atoms with Gasteiger partial charge in [0.1, 0.15) is 0 Å². The molecule has 0 N–H and O–H groups in total. The Labute approximate surface area is 151 Å². The molecule has 1 aromatic heterocycles. The maximum atomic E-state index is 6.04. The zero-order chi connectivity index (χ0) is 16.9. The molecule has 1 heterocycles. The Kier molecular flexibility index (Phi) is 5.51. The fourth-order valence-electron chi connectivity index (χ4n) is 2.35. The van der Waals surface area contributed by atoms with Crippen molar-refractivity contribution in [3.63, 3.8) is 0 Å². The van der Waals surface area contributed by atoms with Gasteiger partial charge in [0.25, 0.3) is 5.89 Å². The van der Waals surface area contributed by atoms with Gasteiger partial charge < -0.3 is 4.52 Å². The predicted octanol–water partition coefficient (Wildman–Crippen LogP) is 4.72. The second kappa shape index (κ2) is 7.79. The molecule has 3 aromatic rings. The van der Waals surface area contributed by atoms with Crippen LogP contribution in [0.4, 0.5) is 0 Å². The van der Waals surface area contributed by atoms with Crippen LogP contribution in [0.1, 0.15) is 11.4 Å². The van der Waals surface area contributed by atoms with Crippen LogP contribution in [0.3, 0.4) is 0 Å². The maximum absolute atomic E-state index is 6.04. The molecule has 24 heavy (non-hydrogen) atoms. The zero-order valence-corrected chi connectivity index (χ0v) is 14.8. The van der Waals surface area contributed by atoms with E-state index in [1.54, 1.807) is 0 Å². The third-order valence-corrected chi connectivity index (χ3v) is 4.41. The van der Waals surface area contributed by atoms with Crippen molar-refractivity contribution in [1.82, 2.24) is 15.0 Å². The van der Waals surface area contributed by atoms with Crippen LogP contribution in [0.2, 0.25) is 10.0 Å². The monoisotopic (exact) mass is 361 g/mol. The standard InChI is InChI=1S/C18H17Cl2N3O/c1-23(10-9-13-7-8-15(19)16(20)11-13)12-17-21-18(24-22-17)14-5-3-2-4-6-14/h2-8,11H,9-10,12H2,1H3. The van der Waals surface area contributed by atoms with E-state index in [4.69, 9.17) is 27.7 Å². The lowest BCUT2D eigenvalue weighted by atomic mass is 10.1. The summed E-state index contributed by atoms with van der Waals surface area (Å²) in [7, 11) is 2.02. The van der Waals surface area contributed by atoms with Crippen molar-refractivity contribution in [3.05, 3.63) is 70.0 Å². The van der Waals surface area contributed by atoms with Gasteiger partial charge in [0, 0.05) is 12.1 Å². The van der Waals surface area contributed by atoms with Crippen LogP contribution in [-0.4, -0.2) is 28.6 Å². The molecule has 0 fully saturated rings. The van der Waals surface area contributed by atoms with Gasteiger partial charge in [-0.3, -0.25) is 4.90 Å². The van der Waals surface area contributed by atoms with Gasteiger partial charge in [0.05, 0.1) is 16.6 Å². The topological polar surface area (TPSA) is 42.2 Å². The Morgan fingerprint density at radius 1 is 1.04 bits per heavy atom. The fraction of sp³-hybridized carbons (Fsp3) is 0.222. The molecule has 0 aliphatic carbocycles. The van der Waals surface area contributed by atoms with Crippen LogP contribution in [0.5, 0.6) is 0 Å². The van der Waals surface area contributed by atoms with Crippen molar-refractivity contribution in [1.29, 1.82) is 0 Å². The first-order valence-electron chi connectivity index (χ1n) is 7.62. The largest absolute Gasteiger partial charge is 0.334 e. The van der Waals surface area contributed by atoms with E-state index in [2.05, 4.69) is 15.0 Å². The zero-order valence-electron chi connectivity index (χ0n) is 13.2. The molecule has 0 atom stereocenters. The van der Waals surface area contributed by atoms with Crippen molar-refractivity contribution in [2.24, 2.45) is 0 Å². The summed E-state index contributed by atoms with van der Waals surface area (Å²) in [5, 5.41) is 5.21. The third-order valence-electron chi connectivity index (χ3n) is 3.67. The van der Waals surface area contributed by atoms with Crippen molar-refractivity contribution in [3.8, 4) is 11.5 Å². The lowest BCUT2D eigenvalue weighted by Gasteiger charge is -2.14. The molecule has 2 aromatic carbocycles. The molecular formula is C18H17Cl2N3O. The van der Waals surface area contributed by atoms with Gasteiger partial charge in [-0.1, -0.05) is 52.6 Å². The fourth-order valence-corrected chi connectivity index (χ4v) is 2.67. The Morgan fingerprint density at radius 2 is 1.83 bits per heavy atom. The van der Waals surface area contributed by atoms with Crippen LogP contribution >= 0.6 is 23.2 Å². The normalized spacial score (nSPS) is 11.2. The van der Waals surface area contributed by atoms with Gasteiger partial charge >= 0.3 is 0 Å². The minimum atomic E-state index is 0.545. The van der Waals surface area contributed by atoms with E-state index in [0.717, 1.165) is 24.1 Å². The molecule has 0 spiro atoms. The molecule has 4 nitrogen and oxygen atoms in total. The van der Waals surface area contributed by atoms with E-state index in [1.165, 1.54) is 0 Å². The molecule has 0 amide bonds. The predicted molar refractivity (Wildman–Crippen MR) is 96.2 cm³/mol. The van der Waals surface area contributed by atoms with Crippen molar-refractivity contribution < 1.29 is 4.52 Å². The molecule has 0 aliphatic heterocycles. The van der Waals surface area contributed by atoms with Gasteiger partial charge in [0.15, 0.2) is 5.82 Å². The van der Waals surface area contributed by atoms with Gasteiger partial charge in [-0.2, -0.15) is 4.98 Å². The number of halogens is 2. The number of hydrogen-bond donors (Lipinski definition) is 0. The first-order valence-corrected chi connectivity index (χ1v) is 8.38. The van der Waals surface area contributed by atoms with Crippen molar-refractivity contribution in [2.75, 3.05) is 13.6 Å². The molecule has 0 unspecified atom stereocenters. The van der Waals surface area contributed by atoms with Crippen LogP contribution < -0.4 is 0 Å². The van der Waals surface area contributed by atoms with E-state index < -0.39 is 0 Å². The molecule has 0 saturated heterocycles. The van der Waals surface area contributed by atoms with Crippen LogP contribution in [0.25, 0.3) is 11.5 Å². The highest BCUT2D eigenvalue weighted by molar-refractivity contribution is 6.42. The molecule has 6 heteroatoms. The highest BCUT2D eigenvalue weighted by atomic mass is 35.5. The highest BCUT2D eigenvalue weighted by Crippen LogP contribution is 2.23. The Hall–Kier alpha value is -1.88. The van der Waals surface area contributed by atoms with E-state index in [9.17, 15) is 0 Å². The van der Waals surface area contributed by atoms with Crippen LogP contribution in [0, 0.1) is 0 Å². The summed E-state index contributed by atoms with van der Waals surface area (Å²) in [6, 6.07) is 15.5. The molecule has 0 radical (unpaired) electrons. The number of likely N-dealkylation sites (N-methyl/N-ethyl adjacent to an activating group) is 1. The minimum Gasteiger partial charge on any atom is -0.334 e. The summed E-state index contributed by atoms with van der Waals surface area (Å²) in [5.41, 5.74) is 2.07. The summed E-state index contributed by atoms with van der Waals surface area (Å²) < 4.78 is 5.32. The summed E-state index contributed by atoms with van der Waals surface area (Å²) in [5.74, 6) is 1.22. The van der Waals surface area contributed by atoms with Gasteiger partial charge in [-0.15, -0.1) is 0 Å². The first-order chi connectivity index (χ1) is 11.6. The molecule has 124 valence electrons. The second-order valence-electron chi connectivity index (χ2n) is 5.62. The van der Waals surface area contributed by atoms with E-state index >= 15 is 0 Å². The number of aromatic nitrogens is 2.